The second-order valence-electron chi connectivity index (χ2n) is 12.6. The Kier molecular flexibility index (Phi) is 8.80. The molecule has 0 spiro atoms. The lowest BCUT2D eigenvalue weighted by atomic mass is 9.89. The highest BCUT2D eigenvalue weighted by atomic mass is 19.4. The summed E-state index contributed by atoms with van der Waals surface area (Å²) in [5, 5.41) is 3.99. The van der Waals surface area contributed by atoms with Crippen LogP contribution in [0.1, 0.15) is 73.6 Å². The average molecular weight is 620 g/mol. The van der Waals surface area contributed by atoms with Crippen molar-refractivity contribution in [3.05, 3.63) is 89.2 Å². The van der Waals surface area contributed by atoms with Crippen molar-refractivity contribution < 1.29 is 27.2 Å². The van der Waals surface area contributed by atoms with Crippen LogP contribution >= 0.6 is 0 Å². The number of alkyl halides is 3. The van der Waals surface area contributed by atoms with E-state index in [0.717, 1.165) is 55.6 Å². The quantitative estimate of drug-likeness (QED) is 0.217. The highest BCUT2D eigenvalue weighted by molar-refractivity contribution is 5.97. The van der Waals surface area contributed by atoms with Gasteiger partial charge in [-0.1, -0.05) is 30.4 Å². The van der Waals surface area contributed by atoms with Gasteiger partial charge in [0, 0.05) is 48.9 Å². The van der Waals surface area contributed by atoms with E-state index >= 15 is 0 Å². The monoisotopic (exact) mass is 619 g/mol. The van der Waals surface area contributed by atoms with Crippen LogP contribution in [-0.2, 0) is 11.0 Å². The van der Waals surface area contributed by atoms with Crippen molar-refractivity contribution in [2.75, 3.05) is 31.1 Å². The summed E-state index contributed by atoms with van der Waals surface area (Å²) in [6, 6.07) is 13.5. The molecule has 2 unspecified atom stereocenters. The second-order valence-corrected chi connectivity index (χ2v) is 12.6. The lowest BCUT2D eigenvalue weighted by Crippen LogP contribution is -2.46. The number of hydrogen-bond donors (Lipinski definition) is 1. The summed E-state index contributed by atoms with van der Waals surface area (Å²) in [6.07, 6.45) is 5.75. The first-order valence-corrected chi connectivity index (χ1v) is 16.0. The number of carbonyl (C=O) groups excluding carboxylic acids is 2. The Morgan fingerprint density at radius 1 is 0.933 bits per heavy atom. The Hall–Kier alpha value is -4.01. The van der Waals surface area contributed by atoms with Crippen LogP contribution in [-0.4, -0.2) is 48.9 Å². The second kappa shape index (κ2) is 12.8. The van der Waals surface area contributed by atoms with Gasteiger partial charge in [0.25, 0.3) is 11.8 Å². The molecule has 6 rings (SSSR count). The van der Waals surface area contributed by atoms with E-state index in [9.17, 15) is 22.8 Å². The number of likely N-dealkylation sites (tertiary alicyclic amines) is 1. The number of nitrogens with zero attached hydrogens (tertiary/aromatic N) is 2. The van der Waals surface area contributed by atoms with Gasteiger partial charge in [-0.2, -0.15) is 13.2 Å². The van der Waals surface area contributed by atoms with Gasteiger partial charge in [-0.05, 0) is 106 Å². The Labute approximate surface area is 261 Å². The van der Waals surface area contributed by atoms with E-state index < -0.39 is 11.7 Å². The summed E-state index contributed by atoms with van der Waals surface area (Å²) in [7, 11) is 0. The summed E-state index contributed by atoms with van der Waals surface area (Å²) in [4.78, 5) is 29.8. The van der Waals surface area contributed by atoms with Gasteiger partial charge in [0.2, 0.25) is 0 Å². The lowest BCUT2D eigenvalue weighted by molar-refractivity contribution is -0.137. The van der Waals surface area contributed by atoms with E-state index in [-0.39, 0.29) is 17.9 Å². The molecule has 1 aliphatic carbocycles. The maximum Gasteiger partial charge on any atom is 0.416 e. The average Bonchev–Trinajstić information content (AvgIpc) is 3.73. The molecule has 3 aromatic rings. The number of fused-ring (bicyclic) bond motifs is 1. The third kappa shape index (κ3) is 6.82. The molecule has 1 saturated carbocycles. The minimum Gasteiger partial charge on any atom is -0.451 e. The standard InChI is InChI=1S/C36H40F3N3O3/c1-3-5-23(4-2)35(44)42-18-14-28(15-19-42)40-34(43)33-21-26-7-6-25(20-32(26)45-33)31-22-30(31)24-12-16-41(17-13-24)29-10-8-27(9-11-29)36(37,38)39/h3-11,20-21,24,28,30-31H,12-19,22H2,1-2H3,(H,40,43)/b5-3-,23-4+. The van der Waals surface area contributed by atoms with E-state index in [2.05, 4.69) is 22.3 Å². The number of benzene rings is 2. The molecular weight excluding hydrogens is 579 g/mol. The molecule has 3 heterocycles. The molecule has 3 fully saturated rings. The predicted molar refractivity (Wildman–Crippen MR) is 169 cm³/mol. The number of allylic oxidation sites excluding steroid dienone is 2. The number of furan rings is 1. The number of amides is 2. The number of anilines is 1. The number of nitrogens with one attached hydrogen (secondary N) is 1. The van der Waals surface area contributed by atoms with Gasteiger partial charge < -0.3 is 19.5 Å². The molecular formula is C36H40F3N3O3. The first-order chi connectivity index (χ1) is 21.6. The van der Waals surface area contributed by atoms with Crippen molar-refractivity contribution >= 4 is 28.5 Å². The normalized spacial score (nSPS) is 21.9. The van der Waals surface area contributed by atoms with Crippen LogP contribution in [0.15, 0.2) is 76.7 Å². The lowest BCUT2D eigenvalue weighted by Gasteiger charge is -2.34. The maximum atomic E-state index is 13.1. The molecule has 2 atom stereocenters. The van der Waals surface area contributed by atoms with Crippen molar-refractivity contribution in [2.24, 2.45) is 11.8 Å². The Bertz CT molecular complexity index is 1590. The summed E-state index contributed by atoms with van der Waals surface area (Å²) in [5.41, 5.74) is 2.86. The number of hydrogen-bond acceptors (Lipinski definition) is 4. The fourth-order valence-corrected chi connectivity index (χ4v) is 7.09. The fraction of sp³-hybridized carbons (Fsp3) is 0.444. The van der Waals surface area contributed by atoms with Crippen molar-refractivity contribution in [3.8, 4) is 0 Å². The minimum atomic E-state index is -4.32. The van der Waals surface area contributed by atoms with Gasteiger partial charge in [-0.3, -0.25) is 9.59 Å². The van der Waals surface area contributed by atoms with E-state index in [1.165, 1.54) is 5.56 Å². The summed E-state index contributed by atoms with van der Waals surface area (Å²) >= 11 is 0. The van der Waals surface area contributed by atoms with Crippen LogP contribution in [0.2, 0.25) is 0 Å². The topological polar surface area (TPSA) is 65.8 Å². The molecule has 2 aromatic carbocycles. The van der Waals surface area contributed by atoms with Crippen molar-refractivity contribution in [3.63, 3.8) is 0 Å². The van der Waals surface area contributed by atoms with E-state index in [1.807, 2.05) is 43.0 Å². The smallest absolute Gasteiger partial charge is 0.416 e. The van der Waals surface area contributed by atoms with Gasteiger partial charge in [0.1, 0.15) is 5.58 Å². The molecule has 2 amide bonds. The largest absolute Gasteiger partial charge is 0.451 e. The zero-order chi connectivity index (χ0) is 31.7. The van der Waals surface area contributed by atoms with E-state index in [1.54, 1.807) is 18.2 Å². The molecule has 6 nitrogen and oxygen atoms in total. The highest BCUT2D eigenvalue weighted by Crippen LogP contribution is 2.54. The van der Waals surface area contributed by atoms with Gasteiger partial charge in [0.05, 0.1) is 5.56 Å². The van der Waals surface area contributed by atoms with Crippen LogP contribution < -0.4 is 10.2 Å². The van der Waals surface area contributed by atoms with Gasteiger partial charge in [-0.15, -0.1) is 0 Å². The summed E-state index contributed by atoms with van der Waals surface area (Å²) < 4.78 is 44.8. The first kappa shape index (κ1) is 31.0. The third-order valence-corrected chi connectivity index (χ3v) is 9.76. The van der Waals surface area contributed by atoms with Crippen LogP contribution in [0.25, 0.3) is 11.0 Å². The molecule has 2 aliphatic heterocycles. The van der Waals surface area contributed by atoms with Gasteiger partial charge in [-0.25, -0.2) is 0 Å². The molecule has 3 aliphatic rings. The number of carbonyl (C=O) groups is 2. The molecule has 0 radical (unpaired) electrons. The molecule has 0 bridgehead atoms. The van der Waals surface area contributed by atoms with Crippen molar-refractivity contribution in [2.45, 2.75) is 64.1 Å². The molecule has 1 N–H and O–H groups in total. The van der Waals surface area contributed by atoms with Crippen LogP contribution in [0, 0.1) is 11.8 Å². The zero-order valence-corrected chi connectivity index (χ0v) is 25.8. The SMILES string of the molecule is C/C=C\C(=C/C)C(=O)N1CCC(NC(=O)c2cc3ccc(C4CC4C4CCN(c5ccc(C(F)(F)F)cc5)CC4)cc3o2)CC1. The summed E-state index contributed by atoms with van der Waals surface area (Å²) in [6.45, 7) is 6.64. The first-order valence-electron chi connectivity index (χ1n) is 16.0. The predicted octanol–water partition coefficient (Wildman–Crippen LogP) is 7.71. The Morgan fingerprint density at radius 3 is 2.29 bits per heavy atom. The molecule has 45 heavy (non-hydrogen) atoms. The molecule has 1 aromatic heterocycles. The van der Waals surface area contributed by atoms with E-state index in [0.29, 0.717) is 60.6 Å². The van der Waals surface area contributed by atoms with Crippen LogP contribution in [0.4, 0.5) is 18.9 Å². The third-order valence-electron chi connectivity index (χ3n) is 9.76. The number of halogens is 3. The van der Waals surface area contributed by atoms with E-state index in [4.69, 9.17) is 4.42 Å². The molecule has 9 heteroatoms. The maximum absolute atomic E-state index is 13.1. The zero-order valence-electron chi connectivity index (χ0n) is 25.8. The van der Waals surface area contributed by atoms with Gasteiger partial charge >= 0.3 is 6.18 Å². The van der Waals surface area contributed by atoms with Crippen molar-refractivity contribution in [1.29, 1.82) is 0 Å². The Morgan fingerprint density at radius 2 is 1.64 bits per heavy atom. The van der Waals surface area contributed by atoms with Crippen LogP contribution in [0.5, 0.6) is 0 Å². The molecule has 238 valence electrons. The Balaban J connectivity index is 1.00. The molecule has 2 saturated heterocycles. The number of rotatable bonds is 7. The minimum absolute atomic E-state index is 0.0148. The highest BCUT2D eigenvalue weighted by Gasteiger charge is 2.44. The van der Waals surface area contributed by atoms with Crippen LogP contribution in [0.3, 0.4) is 0 Å². The fourth-order valence-electron chi connectivity index (χ4n) is 7.09. The van der Waals surface area contributed by atoms with Gasteiger partial charge in [0.15, 0.2) is 5.76 Å². The van der Waals surface area contributed by atoms with Crippen molar-refractivity contribution in [1.82, 2.24) is 10.2 Å². The number of piperidine rings is 2. The summed E-state index contributed by atoms with van der Waals surface area (Å²) in [5.74, 6) is 1.73.